The predicted octanol–water partition coefficient (Wildman–Crippen LogP) is 3.59. The second-order valence-corrected chi connectivity index (χ2v) is 8.93. The second-order valence-electron chi connectivity index (χ2n) is 8.52. The van der Waals surface area contributed by atoms with Gasteiger partial charge < -0.3 is 10.2 Å². The number of nitrogens with one attached hydrogen (secondary N) is 3. The van der Waals surface area contributed by atoms with Gasteiger partial charge in [-0.05, 0) is 67.8 Å². The van der Waals surface area contributed by atoms with Gasteiger partial charge in [0.15, 0.2) is 5.65 Å². The molecule has 1 aliphatic heterocycles. The number of likely N-dealkylation sites (N-methyl/N-ethyl adjacent to an activating group) is 1. The topological polar surface area (TPSA) is 103 Å². The van der Waals surface area contributed by atoms with Gasteiger partial charge in [-0.1, -0.05) is 23.7 Å². The molecular formula is C24H24ClN7O. The third-order valence-electron chi connectivity index (χ3n) is 6.11. The van der Waals surface area contributed by atoms with Crippen molar-refractivity contribution in [1.29, 1.82) is 5.41 Å². The van der Waals surface area contributed by atoms with Crippen molar-refractivity contribution in [3.8, 4) is 5.69 Å². The van der Waals surface area contributed by atoms with E-state index < -0.39 is 5.69 Å². The number of H-pyrrole nitrogens is 1. The largest absolute Gasteiger partial charge is 0.333 e. The molecule has 0 fully saturated rings. The predicted molar refractivity (Wildman–Crippen MR) is 130 cm³/mol. The Kier molecular flexibility index (Phi) is 5.26. The van der Waals surface area contributed by atoms with E-state index in [0.29, 0.717) is 22.0 Å². The first kappa shape index (κ1) is 21.4. The molecule has 0 atom stereocenters. The number of anilines is 2. The first-order valence-electron chi connectivity index (χ1n) is 10.7. The van der Waals surface area contributed by atoms with Crippen LogP contribution in [-0.2, 0) is 13.0 Å². The number of aryl methyl sites for hydroxylation is 2. The van der Waals surface area contributed by atoms with Crippen LogP contribution in [0.1, 0.15) is 22.3 Å². The average Bonchev–Trinajstić information content (AvgIpc) is 2.75. The zero-order chi connectivity index (χ0) is 23.3. The lowest BCUT2D eigenvalue weighted by molar-refractivity contribution is 0.312. The first-order valence-corrected chi connectivity index (χ1v) is 11.1. The van der Waals surface area contributed by atoms with Crippen LogP contribution in [0.4, 0.5) is 11.6 Å². The fourth-order valence-electron chi connectivity index (χ4n) is 4.47. The average molecular weight is 462 g/mol. The van der Waals surface area contributed by atoms with Gasteiger partial charge in [-0.25, -0.2) is 14.3 Å². The Morgan fingerprint density at radius 1 is 1.21 bits per heavy atom. The van der Waals surface area contributed by atoms with Gasteiger partial charge in [-0.2, -0.15) is 4.98 Å². The number of fused-ring (bicyclic) bond motifs is 2. The molecule has 1 aliphatic rings. The van der Waals surface area contributed by atoms with E-state index in [-0.39, 0.29) is 11.1 Å². The molecule has 3 N–H and O–H groups in total. The van der Waals surface area contributed by atoms with E-state index in [1.54, 1.807) is 12.3 Å². The number of rotatable bonds is 3. The molecule has 0 saturated heterocycles. The number of hydrogen-bond acceptors (Lipinski definition) is 6. The van der Waals surface area contributed by atoms with Crippen LogP contribution in [0, 0.1) is 19.3 Å². The van der Waals surface area contributed by atoms with Crippen molar-refractivity contribution < 1.29 is 0 Å². The maximum absolute atomic E-state index is 12.9. The van der Waals surface area contributed by atoms with Crippen molar-refractivity contribution in [2.75, 3.05) is 18.9 Å². The van der Waals surface area contributed by atoms with Gasteiger partial charge in [0.1, 0.15) is 5.49 Å². The molecule has 8 nitrogen and oxygen atoms in total. The summed E-state index contributed by atoms with van der Waals surface area (Å²) in [5, 5.41) is 12.7. The molecule has 2 aromatic carbocycles. The summed E-state index contributed by atoms with van der Waals surface area (Å²) in [5.74, 6) is 0.354. The molecule has 0 spiro atoms. The molecule has 5 rings (SSSR count). The maximum atomic E-state index is 12.9. The van der Waals surface area contributed by atoms with E-state index in [1.165, 1.54) is 21.3 Å². The van der Waals surface area contributed by atoms with Crippen LogP contribution in [0.25, 0.3) is 16.7 Å². The van der Waals surface area contributed by atoms with Crippen molar-refractivity contribution in [2.24, 2.45) is 0 Å². The van der Waals surface area contributed by atoms with Gasteiger partial charge in [0.25, 0.3) is 0 Å². The Morgan fingerprint density at radius 3 is 2.82 bits per heavy atom. The van der Waals surface area contributed by atoms with Crippen molar-refractivity contribution >= 4 is 34.3 Å². The summed E-state index contributed by atoms with van der Waals surface area (Å²) in [6, 6.07) is 9.57. The Balaban J connectivity index is 1.55. The second kappa shape index (κ2) is 8.13. The molecule has 2 aromatic heterocycles. The number of para-hydroxylation sites is 1. The first-order chi connectivity index (χ1) is 15.8. The lowest BCUT2D eigenvalue weighted by atomic mass is 9.94. The van der Waals surface area contributed by atoms with Crippen molar-refractivity contribution in [3.63, 3.8) is 0 Å². The minimum Gasteiger partial charge on any atom is -0.324 e. The van der Waals surface area contributed by atoms with Crippen molar-refractivity contribution in [2.45, 2.75) is 26.8 Å². The number of aromatic nitrogens is 4. The summed E-state index contributed by atoms with van der Waals surface area (Å²) >= 11 is 6.35. The molecular weight excluding hydrogens is 438 g/mol. The molecule has 4 aromatic rings. The Hall–Kier alpha value is -3.49. The van der Waals surface area contributed by atoms with Crippen molar-refractivity contribution in [3.05, 3.63) is 79.8 Å². The van der Waals surface area contributed by atoms with Gasteiger partial charge in [0.05, 0.1) is 16.1 Å². The third-order valence-corrected chi connectivity index (χ3v) is 6.42. The summed E-state index contributed by atoms with van der Waals surface area (Å²) in [4.78, 5) is 26.9. The Labute approximate surface area is 195 Å². The van der Waals surface area contributed by atoms with Crippen LogP contribution in [0.3, 0.4) is 0 Å². The number of halogens is 1. The molecule has 0 bridgehead atoms. The van der Waals surface area contributed by atoms with Crippen LogP contribution in [0.2, 0.25) is 5.02 Å². The Bertz CT molecular complexity index is 1500. The van der Waals surface area contributed by atoms with Crippen LogP contribution in [-0.4, -0.2) is 38.0 Å². The lowest BCUT2D eigenvalue weighted by Gasteiger charge is -2.27. The highest BCUT2D eigenvalue weighted by Crippen LogP contribution is 2.27. The SMILES string of the molecule is Cc1cc(Nc2ncc3c(=N)n(-c4c(C)cccc4Cl)c(=O)[nH]c3n2)cc2c1CCN(C)C2. The number of nitrogens with zero attached hydrogens (tertiary/aromatic N) is 4. The highest BCUT2D eigenvalue weighted by molar-refractivity contribution is 6.32. The van der Waals surface area contributed by atoms with E-state index in [4.69, 9.17) is 17.0 Å². The van der Waals surface area contributed by atoms with Crippen LogP contribution >= 0.6 is 11.6 Å². The van der Waals surface area contributed by atoms with Gasteiger partial charge >= 0.3 is 5.69 Å². The standard InChI is InChI=1S/C24H24ClN7O/c1-13-5-4-6-19(25)20(13)32-21(26)18-11-27-23(29-22(18)30-24(32)33)28-16-9-14(2)17-7-8-31(3)12-15(17)10-16/h4-6,9-11,26H,7-8,12H2,1-3H3,(H2,27,28,29,30,33). The zero-order valence-corrected chi connectivity index (χ0v) is 19.4. The van der Waals surface area contributed by atoms with Gasteiger partial charge in [0.2, 0.25) is 5.95 Å². The van der Waals surface area contributed by atoms with Gasteiger partial charge in [-0.15, -0.1) is 0 Å². The molecule has 0 aliphatic carbocycles. The highest BCUT2D eigenvalue weighted by Gasteiger charge is 2.17. The Morgan fingerprint density at radius 2 is 2.03 bits per heavy atom. The summed E-state index contributed by atoms with van der Waals surface area (Å²) in [6.07, 6.45) is 2.59. The maximum Gasteiger partial charge on any atom is 0.333 e. The summed E-state index contributed by atoms with van der Waals surface area (Å²) < 4.78 is 1.25. The third kappa shape index (κ3) is 3.81. The molecule has 0 unspecified atom stereocenters. The lowest BCUT2D eigenvalue weighted by Crippen LogP contribution is -2.34. The van der Waals surface area contributed by atoms with Crippen LogP contribution < -0.4 is 16.5 Å². The summed E-state index contributed by atoms with van der Waals surface area (Å²) in [7, 11) is 2.12. The minimum atomic E-state index is -0.485. The quantitative estimate of drug-likeness (QED) is 0.432. The van der Waals surface area contributed by atoms with E-state index in [0.717, 1.165) is 30.8 Å². The molecule has 0 amide bonds. The highest BCUT2D eigenvalue weighted by atomic mass is 35.5. The number of hydrogen-bond donors (Lipinski definition) is 3. The summed E-state index contributed by atoms with van der Waals surface area (Å²) in [6.45, 7) is 5.93. The monoisotopic (exact) mass is 461 g/mol. The summed E-state index contributed by atoms with van der Waals surface area (Å²) in [5.41, 5.74) is 5.88. The number of aromatic amines is 1. The normalized spacial score (nSPS) is 13.8. The van der Waals surface area contributed by atoms with Crippen molar-refractivity contribution in [1.82, 2.24) is 24.4 Å². The molecule has 33 heavy (non-hydrogen) atoms. The van der Waals surface area contributed by atoms with E-state index in [9.17, 15) is 4.79 Å². The van der Waals surface area contributed by atoms with E-state index >= 15 is 0 Å². The molecule has 0 saturated carbocycles. The number of benzene rings is 2. The van der Waals surface area contributed by atoms with E-state index in [1.807, 2.05) is 19.1 Å². The zero-order valence-electron chi connectivity index (χ0n) is 18.7. The molecule has 0 radical (unpaired) electrons. The fourth-order valence-corrected chi connectivity index (χ4v) is 4.78. The van der Waals surface area contributed by atoms with Gasteiger partial charge in [-0.3, -0.25) is 10.4 Å². The minimum absolute atomic E-state index is 0.0239. The fraction of sp³-hybridized carbons (Fsp3) is 0.250. The smallest absolute Gasteiger partial charge is 0.324 e. The molecule has 9 heteroatoms. The van der Waals surface area contributed by atoms with E-state index in [2.05, 4.69) is 51.3 Å². The molecule has 3 heterocycles. The molecule has 168 valence electrons. The van der Waals surface area contributed by atoms with Crippen LogP contribution in [0.15, 0.2) is 41.3 Å². The van der Waals surface area contributed by atoms with Gasteiger partial charge in [0, 0.05) is 25.0 Å². The van der Waals surface area contributed by atoms with Crippen LogP contribution in [0.5, 0.6) is 0 Å².